The summed E-state index contributed by atoms with van der Waals surface area (Å²) in [5, 5.41) is 0.569. The van der Waals surface area contributed by atoms with Crippen LogP contribution in [0.3, 0.4) is 0 Å². The second-order valence-corrected chi connectivity index (χ2v) is 8.30. The second-order valence-electron chi connectivity index (χ2n) is 7.86. The molecule has 0 aromatic heterocycles. The van der Waals surface area contributed by atoms with Crippen LogP contribution >= 0.6 is 11.6 Å². The van der Waals surface area contributed by atoms with Crippen molar-refractivity contribution in [3.05, 3.63) is 94.5 Å². The van der Waals surface area contributed by atoms with E-state index in [1.54, 1.807) is 52.3 Å². The molecule has 3 aromatic rings. The van der Waals surface area contributed by atoms with Gasteiger partial charge >= 0.3 is 0 Å². The molecule has 3 aromatic carbocycles. The summed E-state index contributed by atoms with van der Waals surface area (Å²) in [6, 6.07) is 21.0. The zero-order valence-electron chi connectivity index (χ0n) is 16.8. The van der Waals surface area contributed by atoms with Crippen molar-refractivity contribution in [1.82, 2.24) is 0 Å². The first kappa shape index (κ1) is 19.5. The Balaban J connectivity index is 1.59. The molecule has 0 saturated heterocycles. The molecule has 0 fully saturated rings. The number of nitrogens with zero attached hydrogens (tertiary/aromatic N) is 2. The Bertz CT molecular complexity index is 1220. The summed E-state index contributed by atoms with van der Waals surface area (Å²) >= 11 is 5.98. The SMILES string of the molecule is CC1CC(N2C(=O)C(=O)c3ccccc32)c2ccccc2N1C(=O)c1ccc(Cl)cc1. The maximum absolute atomic E-state index is 13.4. The van der Waals surface area contributed by atoms with Gasteiger partial charge in [0, 0.05) is 22.3 Å². The van der Waals surface area contributed by atoms with Crippen molar-refractivity contribution in [3.63, 3.8) is 0 Å². The molecule has 6 heteroatoms. The molecule has 31 heavy (non-hydrogen) atoms. The van der Waals surface area contributed by atoms with Gasteiger partial charge in [-0.1, -0.05) is 41.9 Å². The molecule has 0 aliphatic carbocycles. The van der Waals surface area contributed by atoms with Crippen LogP contribution in [0, 0.1) is 0 Å². The lowest BCUT2D eigenvalue weighted by Crippen LogP contribution is -2.47. The highest BCUT2D eigenvalue weighted by atomic mass is 35.5. The number of anilines is 2. The van der Waals surface area contributed by atoms with Gasteiger partial charge in [-0.25, -0.2) is 0 Å². The fraction of sp³-hybridized carbons (Fsp3) is 0.160. The van der Waals surface area contributed by atoms with E-state index in [0.29, 0.717) is 28.3 Å². The zero-order chi connectivity index (χ0) is 21.7. The summed E-state index contributed by atoms with van der Waals surface area (Å²) in [6.07, 6.45) is 0.518. The maximum Gasteiger partial charge on any atom is 0.300 e. The van der Waals surface area contributed by atoms with E-state index in [0.717, 1.165) is 11.3 Å². The van der Waals surface area contributed by atoms with Crippen LogP contribution in [0.15, 0.2) is 72.8 Å². The quantitative estimate of drug-likeness (QED) is 0.534. The smallest absolute Gasteiger partial charge is 0.300 e. The van der Waals surface area contributed by atoms with Crippen molar-refractivity contribution in [2.45, 2.75) is 25.4 Å². The molecule has 2 aliphatic heterocycles. The number of hydrogen-bond acceptors (Lipinski definition) is 3. The lowest BCUT2D eigenvalue weighted by molar-refractivity contribution is -0.114. The van der Waals surface area contributed by atoms with Crippen molar-refractivity contribution in [1.29, 1.82) is 0 Å². The van der Waals surface area contributed by atoms with Crippen LogP contribution in [-0.2, 0) is 4.79 Å². The molecule has 2 atom stereocenters. The molecular formula is C25H19ClN2O3. The van der Waals surface area contributed by atoms with Crippen molar-refractivity contribution >= 4 is 40.6 Å². The van der Waals surface area contributed by atoms with Gasteiger partial charge in [0.1, 0.15) is 0 Å². The number of carbonyl (C=O) groups excluding carboxylic acids is 3. The third-order valence-corrected chi connectivity index (χ3v) is 6.26. The Labute approximate surface area is 184 Å². The highest BCUT2D eigenvalue weighted by molar-refractivity contribution is 6.52. The molecule has 2 aliphatic rings. The molecule has 0 bridgehead atoms. The summed E-state index contributed by atoms with van der Waals surface area (Å²) in [5.74, 6) is -1.13. The Hall–Kier alpha value is -3.44. The monoisotopic (exact) mass is 430 g/mol. The van der Waals surface area contributed by atoms with E-state index in [1.165, 1.54) is 0 Å². The minimum atomic E-state index is -0.523. The van der Waals surface area contributed by atoms with E-state index < -0.39 is 11.7 Å². The van der Waals surface area contributed by atoms with E-state index in [-0.39, 0.29) is 18.0 Å². The number of rotatable bonds is 2. The molecule has 2 amide bonds. The van der Waals surface area contributed by atoms with Gasteiger partial charge < -0.3 is 4.90 Å². The highest BCUT2D eigenvalue weighted by Crippen LogP contribution is 2.45. The van der Waals surface area contributed by atoms with Gasteiger partial charge in [-0.15, -0.1) is 0 Å². The molecule has 2 unspecified atom stereocenters. The van der Waals surface area contributed by atoms with Gasteiger partial charge in [-0.2, -0.15) is 0 Å². The molecule has 0 spiro atoms. The number of Topliss-reactive ketones (excluding diaryl/α,β-unsaturated/α-hetero) is 1. The van der Waals surface area contributed by atoms with Crippen molar-refractivity contribution in [2.75, 3.05) is 9.80 Å². The molecule has 2 heterocycles. The highest BCUT2D eigenvalue weighted by Gasteiger charge is 2.44. The molecule has 154 valence electrons. The van der Waals surface area contributed by atoms with Crippen LogP contribution in [-0.4, -0.2) is 23.6 Å². The fourth-order valence-corrected chi connectivity index (χ4v) is 4.71. The number of para-hydroxylation sites is 2. The number of fused-ring (bicyclic) bond motifs is 2. The first-order valence-electron chi connectivity index (χ1n) is 10.1. The Morgan fingerprint density at radius 3 is 2.29 bits per heavy atom. The summed E-state index contributed by atoms with van der Waals surface area (Å²) in [6.45, 7) is 1.96. The van der Waals surface area contributed by atoms with Crippen LogP contribution in [0.4, 0.5) is 11.4 Å². The van der Waals surface area contributed by atoms with E-state index in [1.807, 2.05) is 37.3 Å². The van der Waals surface area contributed by atoms with Crippen LogP contribution in [0.2, 0.25) is 5.02 Å². The van der Waals surface area contributed by atoms with Gasteiger partial charge in [0.2, 0.25) is 0 Å². The summed E-state index contributed by atoms with van der Waals surface area (Å²) in [7, 11) is 0. The van der Waals surface area contributed by atoms with Crippen LogP contribution < -0.4 is 9.80 Å². The third-order valence-electron chi connectivity index (χ3n) is 6.00. The average Bonchev–Trinajstić information content (AvgIpc) is 3.03. The summed E-state index contributed by atoms with van der Waals surface area (Å²) < 4.78 is 0. The number of carbonyl (C=O) groups is 3. The Morgan fingerprint density at radius 1 is 0.903 bits per heavy atom. The number of benzene rings is 3. The van der Waals surface area contributed by atoms with E-state index in [4.69, 9.17) is 11.6 Å². The van der Waals surface area contributed by atoms with Gasteiger partial charge in [0.25, 0.3) is 17.6 Å². The summed E-state index contributed by atoms with van der Waals surface area (Å²) in [4.78, 5) is 42.2. The molecule has 0 N–H and O–H groups in total. The van der Waals surface area contributed by atoms with Crippen LogP contribution in [0.25, 0.3) is 0 Å². The van der Waals surface area contributed by atoms with E-state index in [2.05, 4.69) is 0 Å². The first-order chi connectivity index (χ1) is 15.0. The fourth-order valence-electron chi connectivity index (χ4n) is 4.59. The molecule has 5 rings (SSSR count). The van der Waals surface area contributed by atoms with Crippen molar-refractivity contribution < 1.29 is 14.4 Å². The number of halogens is 1. The lowest BCUT2D eigenvalue weighted by Gasteiger charge is -2.42. The lowest BCUT2D eigenvalue weighted by atomic mass is 9.89. The molecule has 0 radical (unpaired) electrons. The Morgan fingerprint density at radius 2 is 1.55 bits per heavy atom. The predicted octanol–water partition coefficient (Wildman–Crippen LogP) is 5.05. The predicted molar refractivity (Wildman–Crippen MR) is 120 cm³/mol. The zero-order valence-corrected chi connectivity index (χ0v) is 17.5. The van der Waals surface area contributed by atoms with Gasteiger partial charge in [0.05, 0.1) is 17.3 Å². The Kier molecular flexibility index (Phi) is 4.63. The van der Waals surface area contributed by atoms with Crippen LogP contribution in [0.5, 0.6) is 0 Å². The minimum Gasteiger partial charge on any atom is -0.305 e. The minimum absolute atomic E-state index is 0.126. The number of hydrogen-bond donors (Lipinski definition) is 0. The topological polar surface area (TPSA) is 57.7 Å². The normalized spacial score (nSPS) is 19.9. The van der Waals surface area contributed by atoms with Gasteiger partial charge in [0.15, 0.2) is 0 Å². The summed E-state index contributed by atoms with van der Waals surface area (Å²) in [5.41, 5.74) is 3.19. The average molecular weight is 431 g/mol. The van der Waals surface area contributed by atoms with Crippen molar-refractivity contribution in [3.8, 4) is 0 Å². The van der Waals surface area contributed by atoms with E-state index >= 15 is 0 Å². The molecule has 5 nitrogen and oxygen atoms in total. The standard InChI is InChI=1S/C25H19ClN2O3/c1-15-14-22(28-21-9-5-3-7-19(21)23(29)25(28)31)18-6-2-4-8-20(18)27(15)24(30)16-10-12-17(26)13-11-16/h2-13,15,22H,14H2,1H3. The first-order valence-corrected chi connectivity index (χ1v) is 10.5. The van der Waals surface area contributed by atoms with Gasteiger partial charge in [-0.05, 0) is 61.4 Å². The molecule has 0 saturated carbocycles. The molecular weight excluding hydrogens is 412 g/mol. The van der Waals surface area contributed by atoms with E-state index in [9.17, 15) is 14.4 Å². The third kappa shape index (κ3) is 3.04. The second kappa shape index (κ2) is 7.36. The van der Waals surface area contributed by atoms with Crippen molar-refractivity contribution in [2.24, 2.45) is 0 Å². The largest absolute Gasteiger partial charge is 0.305 e. The number of amides is 2. The number of ketones is 1. The van der Waals surface area contributed by atoms with Gasteiger partial charge in [-0.3, -0.25) is 19.3 Å². The maximum atomic E-state index is 13.4. The van der Waals surface area contributed by atoms with Crippen LogP contribution in [0.1, 0.15) is 45.7 Å².